The maximum absolute atomic E-state index is 5.82. The standard InChI is InChI=1S/C16H24O2/c1-13(2)14-6-5-8-16(12-14)18-11-9-15-7-3-4-10-17-15/h5-6,8,12-13,15H,3-4,7,9-11H2,1-2H3. The van der Waals surface area contributed by atoms with E-state index >= 15 is 0 Å². The van der Waals surface area contributed by atoms with Crippen LogP contribution in [0.3, 0.4) is 0 Å². The van der Waals surface area contributed by atoms with Gasteiger partial charge in [0.25, 0.3) is 0 Å². The third-order valence-corrected chi connectivity index (χ3v) is 3.51. The average molecular weight is 248 g/mol. The molecule has 2 rings (SSSR count). The van der Waals surface area contributed by atoms with E-state index in [1.54, 1.807) is 0 Å². The third-order valence-electron chi connectivity index (χ3n) is 3.51. The van der Waals surface area contributed by atoms with Crippen LogP contribution in [0.25, 0.3) is 0 Å². The Hall–Kier alpha value is -1.02. The van der Waals surface area contributed by atoms with Gasteiger partial charge in [0.05, 0.1) is 12.7 Å². The van der Waals surface area contributed by atoms with Gasteiger partial charge in [-0.05, 0) is 42.9 Å². The molecule has 0 amide bonds. The van der Waals surface area contributed by atoms with Gasteiger partial charge in [0.2, 0.25) is 0 Å². The zero-order chi connectivity index (χ0) is 12.8. The molecule has 0 bridgehead atoms. The second kappa shape index (κ2) is 6.79. The van der Waals surface area contributed by atoms with Crippen LogP contribution in [0.2, 0.25) is 0 Å². The molecule has 1 atom stereocenters. The second-order valence-electron chi connectivity index (χ2n) is 5.35. The van der Waals surface area contributed by atoms with E-state index in [-0.39, 0.29) is 0 Å². The molecular formula is C16H24O2. The normalized spacial score (nSPS) is 20.1. The molecule has 1 aromatic carbocycles. The molecule has 1 aromatic rings. The summed E-state index contributed by atoms with van der Waals surface area (Å²) in [6.07, 6.45) is 5.12. The molecule has 0 radical (unpaired) electrons. The van der Waals surface area contributed by atoms with Gasteiger partial charge >= 0.3 is 0 Å². The highest BCUT2D eigenvalue weighted by Gasteiger charge is 2.13. The van der Waals surface area contributed by atoms with Crippen LogP contribution in [0.1, 0.15) is 51.0 Å². The highest BCUT2D eigenvalue weighted by molar-refractivity contribution is 5.30. The Labute approximate surface area is 110 Å². The summed E-state index contributed by atoms with van der Waals surface area (Å²) in [5, 5.41) is 0. The van der Waals surface area contributed by atoms with Crippen molar-refractivity contribution in [3.8, 4) is 5.75 Å². The van der Waals surface area contributed by atoms with Gasteiger partial charge in [-0.2, -0.15) is 0 Å². The summed E-state index contributed by atoms with van der Waals surface area (Å²) in [4.78, 5) is 0. The van der Waals surface area contributed by atoms with Gasteiger partial charge in [0, 0.05) is 13.0 Å². The summed E-state index contributed by atoms with van der Waals surface area (Å²) < 4.78 is 11.5. The Bertz CT molecular complexity index is 354. The summed E-state index contributed by atoms with van der Waals surface area (Å²) in [5.74, 6) is 1.53. The topological polar surface area (TPSA) is 18.5 Å². The molecular weight excluding hydrogens is 224 g/mol. The Morgan fingerprint density at radius 3 is 2.94 bits per heavy atom. The largest absolute Gasteiger partial charge is 0.493 e. The summed E-state index contributed by atoms with van der Waals surface area (Å²) in [6.45, 7) is 6.09. The van der Waals surface area contributed by atoms with Gasteiger partial charge in [-0.15, -0.1) is 0 Å². The van der Waals surface area contributed by atoms with Crippen molar-refractivity contribution in [2.24, 2.45) is 0 Å². The van der Waals surface area contributed by atoms with Gasteiger partial charge in [-0.25, -0.2) is 0 Å². The fourth-order valence-corrected chi connectivity index (χ4v) is 2.31. The first kappa shape index (κ1) is 13.4. The second-order valence-corrected chi connectivity index (χ2v) is 5.35. The maximum atomic E-state index is 5.82. The summed E-state index contributed by atoms with van der Waals surface area (Å²) in [6, 6.07) is 8.41. The minimum atomic E-state index is 0.409. The Kier molecular flexibility index (Phi) is 5.06. The molecule has 100 valence electrons. The van der Waals surface area contributed by atoms with Crippen molar-refractivity contribution < 1.29 is 9.47 Å². The van der Waals surface area contributed by atoms with Crippen LogP contribution in [0, 0.1) is 0 Å². The minimum Gasteiger partial charge on any atom is -0.493 e. The smallest absolute Gasteiger partial charge is 0.119 e. The predicted molar refractivity (Wildman–Crippen MR) is 74.2 cm³/mol. The zero-order valence-electron chi connectivity index (χ0n) is 11.5. The first-order chi connectivity index (χ1) is 8.75. The molecule has 1 saturated heterocycles. The monoisotopic (exact) mass is 248 g/mol. The molecule has 1 unspecified atom stereocenters. The zero-order valence-corrected chi connectivity index (χ0v) is 11.5. The van der Waals surface area contributed by atoms with E-state index < -0.39 is 0 Å². The number of rotatable bonds is 5. The molecule has 1 fully saturated rings. The first-order valence-corrected chi connectivity index (χ1v) is 7.10. The SMILES string of the molecule is CC(C)c1cccc(OCCC2CCCCO2)c1. The van der Waals surface area contributed by atoms with Crippen LogP contribution in [-0.4, -0.2) is 19.3 Å². The molecule has 1 aliphatic heterocycles. The Balaban J connectivity index is 1.77. The van der Waals surface area contributed by atoms with Crippen LogP contribution in [0.4, 0.5) is 0 Å². The summed E-state index contributed by atoms with van der Waals surface area (Å²) in [5.41, 5.74) is 1.33. The van der Waals surface area contributed by atoms with E-state index in [1.165, 1.54) is 24.8 Å². The lowest BCUT2D eigenvalue weighted by Gasteiger charge is -2.22. The van der Waals surface area contributed by atoms with Crippen molar-refractivity contribution >= 4 is 0 Å². The number of hydrogen-bond donors (Lipinski definition) is 0. The van der Waals surface area contributed by atoms with Crippen LogP contribution in [0.5, 0.6) is 5.75 Å². The molecule has 1 aliphatic rings. The van der Waals surface area contributed by atoms with Gasteiger partial charge in [-0.3, -0.25) is 0 Å². The summed E-state index contributed by atoms with van der Waals surface area (Å²) >= 11 is 0. The number of ether oxygens (including phenoxy) is 2. The third kappa shape index (κ3) is 4.02. The molecule has 2 nitrogen and oxygen atoms in total. The summed E-state index contributed by atoms with van der Waals surface area (Å²) in [7, 11) is 0. The number of hydrogen-bond acceptors (Lipinski definition) is 2. The van der Waals surface area contributed by atoms with Crippen LogP contribution >= 0.6 is 0 Å². The quantitative estimate of drug-likeness (QED) is 0.779. The van der Waals surface area contributed by atoms with Crippen LogP contribution < -0.4 is 4.74 Å². The highest BCUT2D eigenvalue weighted by atomic mass is 16.5. The van der Waals surface area contributed by atoms with Crippen molar-refractivity contribution in [2.45, 2.75) is 51.6 Å². The molecule has 1 heterocycles. The highest BCUT2D eigenvalue weighted by Crippen LogP contribution is 2.21. The first-order valence-electron chi connectivity index (χ1n) is 7.10. The predicted octanol–water partition coefficient (Wildman–Crippen LogP) is 4.15. The van der Waals surface area contributed by atoms with E-state index in [2.05, 4.69) is 32.0 Å². The van der Waals surface area contributed by atoms with E-state index in [1.807, 2.05) is 6.07 Å². The van der Waals surface area contributed by atoms with E-state index in [4.69, 9.17) is 9.47 Å². The van der Waals surface area contributed by atoms with Gasteiger partial charge in [-0.1, -0.05) is 26.0 Å². The molecule has 0 saturated carbocycles. The lowest BCUT2D eigenvalue weighted by molar-refractivity contribution is 0.00404. The van der Waals surface area contributed by atoms with Crippen molar-refractivity contribution in [1.29, 1.82) is 0 Å². The van der Waals surface area contributed by atoms with Crippen LogP contribution in [-0.2, 0) is 4.74 Å². The average Bonchev–Trinajstić information content (AvgIpc) is 2.40. The van der Waals surface area contributed by atoms with Gasteiger partial charge in [0.1, 0.15) is 5.75 Å². The minimum absolute atomic E-state index is 0.409. The Morgan fingerprint density at radius 1 is 1.33 bits per heavy atom. The lowest BCUT2D eigenvalue weighted by atomic mass is 10.0. The lowest BCUT2D eigenvalue weighted by Crippen LogP contribution is -2.21. The molecule has 0 spiro atoms. The van der Waals surface area contributed by atoms with Crippen LogP contribution in [0.15, 0.2) is 24.3 Å². The molecule has 18 heavy (non-hydrogen) atoms. The molecule has 0 N–H and O–H groups in total. The molecule has 0 aliphatic carbocycles. The van der Waals surface area contributed by atoms with Gasteiger partial charge in [0.15, 0.2) is 0 Å². The fourth-order valence-electron chi connectivity index (χ4n) is 2.31. The van der Waals surface area contributed by atoms with Crippen molar-refractivity contribution in [3.05, 3.63) is 29.8 Å². The fraction of sp³-hybridized carbons (Fsp3) is 0.625. The molecule has 2 heteroatoms. The maximum Gasteiger partial charge on any atom is 0.119 e. The van der Waals surface area contributed by atoms with Crippen molar-refractivity contribution in [1.82, 2.24) is 0 Å². The van der Waals surface area contributed by atoms with E-state index in [0.29, 0.717) is 12.0 Å². The Morgan fingerprint density at radius 2 is 2.22 bits per heavy atom. The van der Waals surface area contributed by atoms with Crippen molar-refractivity contribution in [2.75, 3.05) is 13.2 Å². The van der Waals surface area contributed by atoms with E-state index in [0.717, 1.165) is 25.4 Å². The van der Waals surface area contributed by atoms with Gasteiger partial charge < -0.3 is 9.47 Å². The number of benzene rings is 1. The van der Waals surface area contributed by atoms with Crippen molar-refractivity contribution in [3.63, 3.8) is 0 Å². The van der Waals surface area contributed by atoms with E-state index in [9.17, 15) is 0 Å². The molecule has 0 aromatic heterocycles.